The Labute approximate surface area is 131 Å². The molecule has 22 heavy (non-hydrogen) atoms. The fraction of sp³-hybridized carbons (Fsp3) is 0.100. The Hall–Kier alpha value is -2.74. The van der Waals surface area contributed by atoms with Crippen LogP contribution in [-0.2, 0) is 0 Å². The minimum Gasteiger partial charge on any atom is -0.496 e. The summed E-state index contributed by atoms with van der Waals surface area (Å²) in [5.74, 6) is 1.53. The Kier molecular flexibility index (Phi) is 4.10. The third-order valence-corrected chi connectivity index (χ3v) is 3.63. The Balaban J connectivity index is 2.30. The fourth-order valence-electron chi connectivity index (χ4n) is 2.62. The summed E-state index contributed by atoms with van der Waals surface area (Å²) >= 11 is 0. The second-order valence-corrected chi connectivity index (χ2v) is 4.87. The maximum Gasteiger partial charge on any atom is 0.135 e. The Morgan fingerprint density at radius 2 is 1.45 bits per heavy atom. The van der Waals surface area contributed by atoms with Crippen molar-refractivity contribution in [2.75, 3.05) is 14.2 Å². The van der Waals surface area contributed by atoms with Crippen molar-refractivity contribution in [1.82, 2.24) is 0 Å². The van der Waals surface area contributed by atoms with Crippen LogP contribution in [0.2, 0.25) is 0 Å². The van der Waals surface area contributed by atoms with Gasteiger partial charge in [0.15, 0.2) is 0 Å². The SMILES string of the molecule is COc1[c]ccc(-c2ccccc2)c1-c1ccccc1OC. The molecular weight excluding hydrogens is 272 g/mol. The quantitative estimate of drug-likeness (QED) is 0.684. The van der Waals surface area contributed by atoms with Gasteiger partial charge in [0.25, 0.3) is 0 Å². The van der Waals surface area contributed by atoms with Crippen molar-refractivity contribution in [2.24, 2.45) is 0 Å². The van der Waals surface area contributed by atoms with Crippen molar-refractivity contribution in [3.63, 3.8) is 0 Å². The second kappa shape index (κ2) is 6.35. The average Bonchev–Trinajstić information content (AvgIpc) is 2.61. The molecular formula is C20H17O2. The van der Waals surface area contributed by atoms with Gasteiger partial charge in [-0.1, -0.05) is 54.6 Å². The summed E-state index contributed by atoms with van der Waals surface area (Å²) in [5, 5.41) is 0. The molecule has 109 valence electrons. The Morgan fingerprint density at radius 3 is 2.18 bits per heavy atom. The molecule has 0 heterocycles. The predicted octanol–water partition coefficient (Wildman–Crippen LogP) is 4.84. The normalized spacial score (nSPS) is 10.3. The van der Waals surface area contributed by atoms with E-state index < -0.39 is 0 Å². The molecule has 0 saturated carbocycles. The summed E-state index contributed by atoms with van der Waals surface area (Å²) in [6.07, 6.45) is 0. The van der Waals surface area contributed by atoms with Gasteiger partial charge in [-0.25, -0.2) is 0 Å². The maximum absolute atomic E-state index is 5.55. The van der Waals surface area contributed by atoms with Gasteiger partial charge in [-0.15, -0.1) is 0 Å². The molecule has 2 nitrogen and oxygen atoms in total. The van der Waals surface area contributed by atoms with E-state index >= 15 is 0 Å². The zero-order valence-corrected chi connectivity index (χ0v) is 12.7. The van der Waals surface area contributed by atoms with Crippen molar-refractivity contribution in [3.05, 3.63) is 72.8 Å². The monoisotopic (exact) mass is 289 g/mol. The summed E-state index contributed by atoms with van der Waals surface area (Å²) < 4.78 is 11.1. The molecule has 0 atom stereocenters. The van der Waals surface area contributed by atoms with Crippen molar-refractivity contribution in [1.29, 1.82) is 0 Å². The van der Waals surface area contributed by atoms with Crippen molar-refractivity contribution in [2.45, 2.75) is 0 Å². The minimum atomic E-state index is 0.714. The highest BCUT2D eigenvalue weighted by Gasteiger charge is 2.16. The standard InChI is InChI=1S/C20H17O2/c1-21-18-13-7-6-11-17(18)20-16(12-8-14-19(20)22-2)15-9-4-3-5-10-15/h3-13H,1-2H3. The zero-order valence-electron chi connectivity index (χ0n) is 12.7. The van der Waals surface area contributed by atoms with Crippen LogP contribution >= 0.6 is 0 Å². The van der Waals surface area contributed by atoms with E-state index in [1.807, 2.05) is 48.5 Å². The summed E-state index contributed by atoms with van der Waals surface area (Å²) in [4.78, 5) is 0. The summed E-state index contributed by atoms with van der Waals surface area (Å²) in [5.41, 5.74) is 4.22. The number of hydrogen-bond acceptors (Lipinski definition) is 2. The summed E-state index contributed by atoms with van der Waals surface area (Å²) in [6, 6.07) is 25.3. The number of methoxy groups -OCH3 is 2. The maximum atomic E-state index is 5.55. The average molecular weight is 289 g/mol. The molecule has 3 rings (SSSR count). The van der Waals surface area contributed by atoms with Gasteiger partial charge in [0.05, 0.1) is 14.2 Å². The number of para-hydroxylation sites is 1. The smallest absolute Gasteiger partial charge is 0.135 e. The van der Waals surface area contributed by atoms with E-state index in [0.717, 1.165) is 28.0 Å². The van der Waals surface area contributed by atoms with Gasteiger partial charge < -0.3 is 9.47 Å². The zero-order chi connectivity index (χ0) is 15.4. The molecule has 2 heteroatoms. The van der Waals surface area contributed by atoms with Crippen LogP contribution in [0.4, 0.5) is 0 Å². The molecule has 0 saturated heterocycles. The Morgan fingerprint density at radius 1 is 0.727 bits per heavy atom. The lowest BCUT2D eigenvalue weighted by atomic mass is 9.93. The first-order chi connectivity index (χ1) is 10.8. The third kappa shape index (κ3) is 2.56. The van der Waals surface area contributed by atoms with Gasteiger partial charge in [0.1, 0.15) is 11.5 Å². The molecule has 0 N–H and O–H groups in total. The highest BCUT2D eigenvalue weighted by molar-refractivity contribution is 5.89. The van der Waals surface area contributed by atoms with E-state index in [-0.39, 0.29) is 0 Å². The molecule has 3 aromatic carbocycles. The van der Waals surface area contributed by atoms with Crippen molar-refractivity contribution < 1.29 is 9.47 Å². The van der Waals surface area contributed by atoms with Crippen molar-refractivity contribution >= 4 is 0 Å². The fourth-order valence-corrected chi connectivity index (χ4v) is 2.62. The highest BCUT2D eigenvalue weighted by atomic mass is 16.5. The number of ether oxygens (including phenoxy) is 2. The van der Waals surface area contributed by atoms with Crippen LogP contribution in [-0.4, -0.2) is 14.2 Å². The molecule has 0 aliphatic heterocycles. The molecule has 0 bridgehead atoms. The molecule has 1 radical (unpaired) electrons. The highest BCUT2D eigenvalue weighted by Crippen LogP contribution is 2.42. The number of hydrogen-bond donors (Lipinski definition) is 0. The first-order valence-corrected chi connectivity index (χ1v) is 7.12. The van der Waals surface area contributed by atoms with Gasteiger partial charge in [0, 0.05) is 17.2 Å². The van der Waals surface area contributed by atoms with E-state index in [1.165, 1.54) is 0 Å². The Bertz CT molecular complexity index is 764. The van der Waals surface area contributed by atoms with Crippen LogP contribution in [0.15, 0.2) is 66.7 Å². The number of benzene rings is 3. The number of rotatable bonds is 4. The van der Waals surface area contributed by atoms with Crippen LogP contribution in [0, 0.1) is 6.07 Å². The molecule has 0 aromatic heterocycles. The molecule has 0 fully saturated rings. The van der Waals surface area contributed by atoms with E-state index in [0.29, 0.717) is 5.75 Å². The molecule has 0 spiro atoms. The van der Waals surface area contributed by atoms with Gasteiger partial charge in [-0.05, 0) is 23.3 Å². The molecule has 0 amide bonds. The van der Waals surface area contributed by atoms with Crippen LogP contribution in [0.3, 0.4) is 0 Å². The van der Waals surface area contributed by atoms with Crippen LogP contribution in [0.1, 0.15) is 0 Å². The van der Waals surface area contributed by atoms with Crippen LogP contribution < -0.4 is 9.47 Å². The minimum absolute atomic E-state index is 0.714. The lowest BCUT2D eigenvalue weighted by molar-refractivity contribution is 0.410. The van der Waals surface area contributed by atoms with E-state index in [9.17, 15) is 0 Å². The van der Waals surface area contributed by atoms with Crippen LogP contribution in [0.5, 0.6) is 11.5 Å². The predicted molar refractivity (Wildman–Crippen MR) is 89.3 cm³/mol. The van der Waals surface area contributed by atoms with Crippen LogP contribution in [0.25, 0.3) is 22.3 Å². The topological polar surface area (TPSA) is 18.5 Å². The summed E-state index contributed by atoms with van der Waals surface area (Å²) in [7, 11) is 3.35. The lowest BCUT2D eigenvalue weighted by Gasteiger charge is -2.16. The molecule has 0 aliphatic carbocycles. The first kappa shape index (κ1) is 14.2. The van der Waals surface area contributed by atoms with Crippen molar-refractivity contribution in [3.8, 4) is 33.8 Å². The van der Waals surface area contributed by atoms with E-state index in [4.69, 9.17) is 9.47 Å². The third-order valence-electron chi connectivity index (χ3n) is 3.63. The molecule has 3 aromatic rings. The molecule has 0 aliphatic rings. The van der Waals surface area contributed by atoms with E-state index in [1.54, 1.807) is 14.2 Å². The largest absolute Gasteiger partial charge is 0.496 e. The second-order valence-electron chi connectivity index (χ2n) is 4.87. The van der Waals surface area contributed by atoms with Gasteiger partial charge in [-0.3, -0.25) is 0 Å². The van der Waals surface area contributed by atoms with Gasteiger partial charge >= 0.3 is 0 Å². The first-order valence-electron chi connectivity index (χ1n) is 7.12. The lowest BCUT2D eigenvalue weighted by Crippen LogP contribution is -1.94. The summed E-state index contributed by atoms with van der Waals surface area (Å²) in [6.45, 7) is 0. The van der Waals surface area contributed by atoms with E-state index in [2.05, 4.69) is 24.3 Å². The van der Waals surface area contributed by atoms with Gasteiger partial charge in [0.2, 0.25) is 0 Å². The van der Waals surface area contributed by atoms with Gasteiger partial charge in [-0.2, -0.15) is 0 Å². The molecule has 0 unspecified atom stereocenters.